The molecule has 104 valence electrons. The summed E-state index contributed by atoms with van der Waals surface area (Å²) in [6.45, 7) is 7.98. The van der Waals surface area contributed by atoms with Crippen LogP contribution in [-0.4, -0.2) is 25.8 Å². The van der Waals surface area contributed by atoms with Crippen molar-refractivity contribution in [2.24, 2.45) is 0 Å². The summed E-state index contributed by atoms with van der Waals surface area (Å²) in [7, 11) is 0. The molecule has 4 heteroatoms. The van der Waals surface area contributed by atoms with E-state index in [0.717, 1.165) is 11.6 Å². The molecule has 1 rings (SSSR count). The Kier molecular flexibility index (Phi) is 6.25. The van der Waals surface area contributed by atoms with Crippen LogP contribution in [0.1, 0.15) is 19.4 Å². The van der Waals surface area contributed by atoms with E-state index in [1.54, 1.807) is 0 Å². The fourth-order valence-electron chi connectivity index (χ4n) is 1.76. The van der Waals surface area contributed by atoms with Crippen LogP contribution in [0.4, 0.5) is 0 Å². The normalized spacial score (nSPS) is 11.1. The van der Waals surface area contributed by atoms with Crippen LogP contribution in [0.2, 0.25) is 0 Å². The van der Waals surface area contributed by atoms with E-state index < -0.39 is 11.8 Å². The topological polar surface area (TPSA) is 44.8 Å². The van der Waals surface area contributed by atoms with E-state index in [2.05, 4.69) is 6.58 Å². The van der Waals surface area contributed by atoms with Gasteiger partial charge in [0.05, 0.1) is 0 Å². The van der Waals surface area contributed by atoms with Crippen molar-refractivity contribution in [3.63, 3.8) is 0 Å². The Labute approximate surface area is 114 Å². The van der Waals surface area contributed by atoms with Crippen LogP contribution in [0.25, 0.3) is 0 Å². The van der Waals surface area contributed by atoms with Crippen LogP contribution in [0, 0.1) is 0 Å². The lowest BCUT2D eigenvalue weighted by Gasteiger charge is -2.32. The van der Waals surface area contributed by atoms with Gasteiger partial charge in [-0.3, -0.25) is 0 Å². The van der Waals surface area contributed by atoms with E-state index in [-0.39, 0.29) is 6.61 Å². The second-order valence-corrected chi connectivity index (χ2v) is 3.80. The largest absolute Gasteiger partial charge is 0.456 e. The summed E-state index contributed by atoms with van der Waals surface area (Å²) in [6, 6.07) is 9.44. The maximum atomic E-state index is 11.2. The Bertz CT molecular complexity index is 394. The van der Waals surface area contributed by atoms with Gasteiger partial charge in [-0.1, -0.05) is 36.9 Å². The third-order valence-corrected chi connectivity index (χ3v) is 2.54. The fraction of sp³-hybridized carbons (Fsp3) is 0.400. The van der Waals surface area contributed by atoms with Crippen LogP contribution in [-0.2, 0) is 24.8 Å². The summed E-state index contributed by atoms with van der Waals surface area (Å²) in [4.78, 5) is 11.2. The minimum atomic E-state index is -1.07. The summed E-state index contributed by atoms with van der Waals surface area (Å²) in [5.74, 6) is -1.57. The van der Waals surface area contributed by atoms with Gasteiger partial charge in [-0.05, 0) is 13.8 Å². The molecule has 0 radical (unpaired) electrons. The molecular formula is C15H20O4. The second kappa shape index (κ2) is 7.71. The van der Waals surface area contributed by atoms with Crippen LogP contribution in [0.15, 0.2) is 43.0 Å². The van der Waals surface area contributed by atoms with Gasteiger partial charge in [0.1, 0.15) is 0 Å². The molecule has 0 aliphatic heterocycles. The van der Waals surface area contributed by atoms with Crippen molar-refractivity contribution in [2.45, 2.75) is 19.6 Å². The van der Waals surface area contributed by atoms with E-state index in [1.165, 1.54) is 0 Å². The predicted octanol–water partition coefficient (Wildman–Crippen LogP) is 2.64. The maximum absolute atomic E-state index is 11.2. The third kappa shape index (κ3) is 4.19. The van der Waals surface area contributed by atoms with Gasteiger partial charge < -0.3 is 14.2 Å². The molecule has 0 amide bonds. The van der Waals surface area contributed by atoms with Crippen LogP contribution >= 0.6 is 0 Å². The first-order valence-corrected chi connectivity index (χ1v) is 6.31. The number of hydrogen-bond donors (Lipinski definition) is 0. The lowest BCUT2D eigenvalue weighted by atomic mass is 10.1. The van der Waals surface area contributed by atoms with Gasteiger partial charge in [0.25, 0.3) is 0 Å². The minimum absolute atomic E-state index is 0.0104. The molecular weight excluding hydrogens is 244 g/mol. The molecule has 4 nitrogen and oxygen atoms in total. The zero-order chi connectivity index (χ0) is 14.1. The number of rotatable bonds is 8. The SMILES string of the molecule is C=CC(=O)OCC(OCC)(OCC)c1ccccc1. The summed E-state index contributed by atoms with van der Waals surface area (Å²) in [5, 5.41) is 0. The molecule has 0 saturated heterocycles. The van der Waals surface area contributed by atoms with Gasteiger partial charge in [0, 0.05) is 24.9 Å². The number of carbonyl (C=O) groups excluding carboxylic acids is 1. The Balaban J connectivity index is 2.99. The smallest absolute Gasteiger partial charge is 0.330 e. The summed E-state index contributed by atoms with van der Waals surface area (Å²) < 4.78 is 16.5. The standard InChI is InChI=1S/C15H20O4/c1-4-14(16)17-12-15(18-5-2,19-6-3)13-10-8-7-9-11-13/h4,7-11H,1,5-6,12H2,2-3H3. The zero-order valence-electron chi connectivity index (χ0n) is 11.4. The Morgan fingerprint density at radius 3 is 2.26 bits per heavy atom. The first-order chi connectivity index (χ1) is 9.18. The Hall–Kier alpha value is -1.65. The maximum Gasteiger partial charge on any atom is 0.330 e. The number of hydrogen-bond acceptors (Lipinski definition) is 4. The first kappa shape index (κ1) is 15.4. The monoisotopic (exact) mass is 264 g/mol. The van der Waals surface area contributed by atoms with Gasteiger partial charge >= 0.3 is 5.97 Å². The van der Waals surface area contributed by atoms with Gasteiger partial charge in [-0.25, -0.2) is 4.79 Å². The van der Waals surface area contributed by atoms with Crippen molar-refractivity contribution in [1.82, 2.24) is 0 Å². The lowest BCUT2D eigenvalue weighted by Crippen LogP contribution is -2.39. The van der Waals surface area contributed by atoms with Crippen LogP contribution in [0.3, 0.4) is 0 Å². The quantitative estimate of drug-likeness (QED) is 0.411. The molecule has 19 heavy (non-hydrogen) atoms. The van der Waals surface area contributed by atoms with Crippen molar-refractivity contribution in [1.29, 1.82) is 0 Å². The third-order valence-electron chi connectivity index (χ3n) is 2.54. The molecule has 0 N–H and O–H groups in total. The van der Waals surface area contributed by atoms with Crippen molar-refractivity contribution in [2.75, 3.05) is 19.8 Å². The number of benzene rings is 1. The molecule has 0 bridgehead atoms. The first-order valence-electron chi connectivity index (χ1n) is 6.31. The molecule has 0 atom stereocenters. The van der Waals surface area contributed by atoms with E-state index in [9.17, 15) is 4.79 Å². The fourth-order valence-corrected chi connectivity index (χ4v) is 1.76. The molecule has 1 aromatic carbocycles. The highest BCUT2D eigenvalue weighted by Gasteiger charge is 2.35. The molecule has 0 fully saturated rings. The predicted molar refractivity (Wildman–Crippen MR) is 72.5 cm³/mol. The molecule has 0 aliphatic carbocycles. The summed E-state index contributed by atoms with van der Waals surface area (Å²) in [6.07, 6.45) is 1.12. The lowest BCUT2D eigenvalue weighted by molar-refractivity contribution is -0.263. The highest BCUT2D eigenvalue weighted by molar-refractivity contribution is 5.81. The van der Waals surface area contributed by atoms with Gasteiger partial charge in [0.15, 0.2) is 6.61 Å². The molecule has 0 saturated carbocycles. The van der Waals surface area contributed by atoms with Crippen molar-refractivity contribution < 1.29 is 19.0 Å². The van der Waals surface area contributed by atoms with Crippen molar-refractivity contribution in [3.8, 4) is 0 Å². The number of esters is 1. The highest BCUT2D eigenvalue weighted by Crippen LogP contribution is 2.28. The molecule has 1 aromatic rings. The molecule has 0 heterocycles. The zero-order valence-corrected chi connectivity index (χ0v) is 11.4. The minimum Gasteiger partial charge on any atom is -0.456 e. The average molecular weight is 264 g/mol. The van der Waals surface area contributed by atoms with E-state index >= 15 is 0 Å². The van der Waals surface area contributed by atoms with E-state index in [1.807, 2.05) is 44.2 Å². The molecule has 0 spiro atoms. The van der Waals surface area contributed by atoms with E-state index in [0.29, 0.717) is 13.2 Å². The highest BCUT2D eigenvalue weighted by atomic mass is 16.7. The second-order valence-electron chi connectivity index (χ2n) is 3.80. The van der Waals surface area contributed by atoms with Crippen LogP contribution < -0.4 is 0 Å². The summed E-state index contributed by atoms with van der Waals surface area (Å²) >= 11 is 0. The average Bonchev–Trinajstić information content (AvgIpc) is 2.45. The summed E-state index contributed by atoms with van der Waals surface area (Å²) in [5.41, 5.74) is 0.815. The Morgan fingerprint density at radius 2 is 1.79 bits per heavy atom. The molecule has 0 unspecified atom stereocenters. The van der Waals surface area contributed by atoms with Gasteiger partial charge in [-0.15, -0.1) is 0 Å². The molecule has 0 aliphatic rings. The van der Waals surface area contributed by atoms with Crippen molar-refractivity contribution in [3.05, 3.63) is 48.6 Å². The molecule has 0 aromatic heterocycles. The number of carbonyl (C=O) groups is 1. The van der Waals surface area contributed by atoms with E-state index in [4.69, 9.17) is 14.2 Å². The Morgan fingerprint density at radius 1 is 1.21 bits per heavy atom. The van der Waals surface area contributed by atoms with Gasteiger partial charge in [0.2, 0.25) is 5.79 Å². The van der Waals surface area contributed by atoms with Crippen LogP contribution in [0.5, 0.6) is 0 Å². The van der Waals surface area contributed by atoms with Crippen molar-refractivity contribution >= 4 is 5.97 Å². The number of ether oxygens (including phenoxy) is 3. The van der Waals surface area contributed by atoms with Gasteiger partial charge in [-0.2, -0.15) is 0 Å².